The Balaban J connectivity index is 1.48. The highest BCUT2D eigenvalue weighted by atomic mass is 19.1. The van der Waals surface area contributed by atoms with Crippen LogP contribution in [0.2, 0.25) is 0 Å². The number of hydrogen-bond donors (Lipinski definition) is 0. The molecule has 0 aliphatic carbocycles. The SMILES string of the molecule is Cc1ccc(OC2CCN(C(=O)Cc3ccc(F)cc3)CC2)nn1. The van der Waals surface area contributed by atoms with Gasteiger partial charge in [0.2, 0.25) is 11.8 Å². The number of rotatable bonds is 4. The Morgan fingerprint density at radius 1 is 1.17 bits per heavy atom. The highest BCUT2D eigenvalue weighted by molar-refractivity contribution is 5.78. The van der Waals surface area contributed by atoms with Gasteiger partial charge in [0.05, 0.1) is 12.1 Å². The summed E-state index contributed by atoms with van der Waals surface area (Å²) in [6, 6.07) is 9.74. The monoisotopic (exact) mass is 329 g/mol. The van der Waals surface area contributed by atoms with E-state index in [1.807, 2.05) is 24.0 Å². The summed E-state index contributed by atoms with van der Waals surface area (Å²) >= 11 is 0. The fourth-order valence-corrected chi connectivity index (χ4v) is 2.73. The molecule has 0 bridgehead atoms. The molecule has 1 amide bonds. The summed E-state index contributed by atoms with van der Waals surface area (Å²) in [6.07, 6.45) is 1.89. The van der Waals surface area contributed by atoms with Crippen molar-refractivity contribution in [3.05, 3.63) is 53.5 Å². The molecule has 3 rings (SSSR count). The number of nitrogens with zero attached hydrogens (tertiary/aromatic N) is 3. The smallest absolute Gasteiger partial charge is 0.233 e. The first kappa shape index (κ1) is 16.4. The molecule has 0 radical (unpaired) electrons. The average Bonchev–Trinajstić information content (AvgIpc) is 2.59. The molecule has 2 heterocycles. The molecule has 24 heavy (non-hydrogen) atoms. The molecule has 0 N–H and O–H groups in total. The fraction of sp³-hybridized carbons (Fsp3) is 0.389. The van der Waals surface area contributed by atoms with E-state index in [0.717, 1.165) is 24.1 Å². The molecular formula is C18H20FN3O2. The van der Waals surface area contributed by atoms with Crippen LogP contribution in [0, 0.1) is 12.7 Å². The number of hydrogen-bond acceptors (Lipinski definition) is 4. The van der Waals surface area contributed by atoms with Gasteiger partial charge in [-0.25, -0.2) is 4.39 Å². The first-order valence-corrected chi connectivity index (χ1v) is 8.09. The number of aromatic nitrogens is 2. The Labute approximate surface area is 140 Å². The molecular weight excluding hydrogens is 309 g/mol. The topological polar surface area (TPSA) is 55.3 Å². The van der Waals surface area contributed by atoms with Crippen LogP contribution in [0.15, 0.2) is 36.4 Å². The van der Waals surface area contributed by atoms with Gasteiger partial charge in [-0.15, -0.1) is 5.10 Å². The molecule has 1 fully saturated rings. The summed E-state index contributed by atoms with van der Waals surface area (Å²) in [4.78, 5) is 14.2. The summed E-state index contributed by atoms with van der Waals surface area (Å²) in [6.45, 7) is 3.19. The van der Waals surface area contributed by atoms with Crippen LogP contribution in [0.25, 0.3) is 0 Å². The lowest BCUT2D eigenvalue weighted by atomic mass is 10.1. The van der Waals surface area contributed by atoms with E-state index in [1.165, 1.54) is 12.1 Å². The number of aryl methyl sites for hydroxylation is 1. The van der Waals surface area contributed by atoms with Crippen LogP contribution in [-0.4, -0.2) is 40.2 Å². The van der Waals surface area contributed by atoms with Crippen LogP contribution in [-0.2, 0) is 11.2 Å². The molecule has 6 heteroatoms. The molecule has 1 aliphatic rings. The van der Waals surface area contributed by atoms with Crippen LogP contribution in [0.4, 0.5) is 4.39 Å². The molecule has 0 spiro atoms. The molecule has 0 atom stereocenters. The molecule has 2 aromatic rings. The number of piperidine rings is 1. The van der Waals surface area contributed by atoms with E-state index < -0.39 is 0 Å². The van der Waals surface area contributed by atoms with Crippen LogP contribution < -0.4 is 4.74 Å². The van der Waals surface area contributed by atoms with Crippen molar-refractivity contribution in [3.8, 4) is 5.88 Å². The molecule has 0 saturated carbocycles. The molecule has 126 valence electrons. The van der Waals surface area contributed by atoms with Gasteiger partial charge in [-0.3, -0.25) is 4.79 Å². The number of benzene rings is 1. The molecule has 1 aromatic carbocycles. The Morgan fingerprint density at radius 2 is 1.88 bits per heavy atom. The highest BCUT2D eigenvalue weighted by Gasteiger charge is 2.24. The van der Waals surface area contributed by atoms with E-state index in [9.17, 15) is 9.18 Å². The number of carbonyl (C=O) groups is 1. The first-order chi connectivity index (χ1) is 11.6. The van der Waals surface area contributed by atoms with E-state index in [2.05, 4.69) is 10.2 Å². The first-order valence-electron chi connectivity index (χ1n) is 8.09. The standard InChI is InChI=1S/C18H20FN3O2/c1-13-2-7-17(21-20-13)24-16-8-10-22(11-9-16)18(23)12-14-3-5-15(19)6-4-14/h2-7,16H,8-12H2,1H3. The van der Waals surface area contributed by atoms with Crippen molar-refractivity contribution in [3.63, 3.8) is 0 Å². The summed E-state index contributed by atoms with van der Waals surface area (Å²) in [5.41, 5.74) is 1.68. The quantitative estimate of drug-likeness (QED) is 0.865. The second kappa shape index (κ2) is 7.38. The van der Waals surface area contributed by atoms with Crippen LogP contribution in [0.5, 0.6) is 5.88 Å². The molecule has 1 aromatic heterocycles. The molecule has 1 saturated heterocycles. The van der Waals surface area contributed by atoms with E-state index >= 15 is 0 Å². The van der Waals surface area contributed by atoms with Crippen LogP contribution in [0.1, 0.15) is 24.1 Å². The van der Waals surface area contributed by atoms with Crippen molar-refractivity contribution >= 4 is 5.91 Å². The van der Waals surface area contributed by atoms with E-state index in [0.29, 0.717) is 25.4 Å². The van der Waals surface area contributed by atoms with E-state index in [1.54, 1.807) is 12.1 Å². The van der Waals surface area contributed by atoms with Crippen molar-refractivity contribution in [2.24, 2.45) is 0 Å². The Hall–Kier alpha value is -2.50. The maximum Gasteiger partial charge on any atom is 0.233 e. The van der Waals surface area contributed by atoms with Crippen LogP contribution >= 0.6 is 0 Å². The third-order valence-electron chi connectivity index (χ3n) is 4.12. The maximum atomic E-state index is 12.9. The average molecular weight is 329 g/mol. The summed E-state index contributed by atoms with van der Waals surface area (Å²) < 4.78 is 18.7. The zero-order valence-electron chi connectivity index (χ0n) is 13.6. The minimum absolute atomic E-state index is 0.0527. The summed E-state index contributed by atoms with van der Waals surface area (Å²) in [5, 5.41) is 7.98. The Morgan fingerprint density at radius 3 is 2.50 bits per heavy atom. The van der Waals surface area contributed by atoms with Gasteiger partial charge in [-0.05, 0) is 30.7 Å². The number of carbonyl (C=O) groups excluding carboxylic acids is 1. The zero-order chi connectivity index (χ0) is 16.9. The lowest BCUT2D eigenvalue weighted by molar-refractivity contribution is -0.132. The van der Waals surface area contributed by atoms with Crippen molar-refractivity contribution in [2.45, 2.75) is 32.3 Å². The van der Waals surface area contributed by atoms with Crippen molar-refractivity contribution < 1.29 is 13.9 Å². The summed E-state index contributed by atoms with van der Waals surface area (Å²) in [7, 11) is 0. The van der Waals surface area contributed by atoms with Gasteiger partial charge in [0.25, 0.3) is 0 Å². The van der Waals surface area contributed by atoms with E-state index in [-0.39, 0.29) is 17.8 Å². The highest BCUT2D eigenvalue weighted by Crippen LogP contribution is 2.18. The van der Waals surface area contributed by atoms with Gasteiger partial charge in [-0.2, -0.15) is 5.10 Å². The van der Waals surface area contributed by atoms with Gasteiger partial charge in [0.1, 0.15) is 11.9 Å². The van der Waals surface area contributed by atoms with Gasteiger partial charge in [0, 0.05) is 32.0 Å². The maximum absolute atomic E-state index is 12.9. The zero-order valence-corrected chi connectivity index (χ0v) is 13.6. The molecule has 5 nitrogen and oxygen atoms in total. The molecule has 0 unspecified atom stereocenters. The fourth-order valence-electron chi connectivity index (χ4n) is 2.73. The predicted octanol–water partition coefficient (Wildman–Crippen LogP) is 2.54. The number of amides is 1. The minimum Gasteiger partial charge on any atom is -0.473 e. The lowest BCUT2D eigenvalue weighted by Crippen LogP contribution is -2.42. The number of likely N-dealkylation sites (tertiary alicyclic amines) is 1. The number of halogens is 1. The minimum atomic E-state index is -0.289. The van der Waals surface area contributed by atoms with Gasteiger partial charge >= 0.3 is 0 Å². The van der Waals surface area contributed by atoms with Crippen molar-refractivity contribution in [1.29, 1.82) is 0 Å². The second-order valence-electron chi connectivity index (χ2n) is 6.01. The van der Waals surface area contributed by atoms with Crippen molar-refractivity contribution in [1.82, 2.24) is 15.1 Å². The van der Waals surface area contributed by atoms with Crippen molar-refractivity contribution in [2.75, 3.05) is 13.1 Å². The second-order valence-corrected chi connectivity index (χ2v) is 6.01. The number of ether oxygens (including phenoxy) is 1. The lowest BCUT2D eigenvalue weighted by Gasteiger charge is -2.32. The Kier molecular flexibility index (Phi) is 5.03. The predicted molar refractivity (Wildman–Crippen MR) is 87.1 cm³/mol. The Bertz CT molecular complexity index is 680. The molecule has 1 aliphatic heterocycles. The van der Waals surface area contributed by atoms with Gasteiger partial charge in [-0.1, -0.05) is 12.1 Å². The summed E-state index contributed by atoms with van der Waals surface area (Å²) in [5.74, 6) is 0.301. The van der Waals surface area contributed by atoms with E-state index in [4.69, 9.17) is 4.74 Å². The largest absolute Gasteiger partial charge is 0.473 e. The normalized spacial score (nSPS) is 15.3. The third kappa shape index (κ3) is 4.28. The third-order valence-corrected chi connectivity index (χ3v) is 4.12. The van der Waals surface area contributed by atoms with Gasteiger partial charge in [0.15, 0.2) is 0 Å². The van der Waals surface area contributed by atoms with Gasteiger partial charge < -0.3 is 9.64 Å². The van der Waals surface area contributed by atoms with Crippen LogP contribution in [0.3, 0.4) is 0 Å².